The van der Waals surface area contributed by atoms with Crippen LogP contribution in [0.1, 0.15) is 17.0 Å². The van der Waals surface area contributed by atoms with Gasteiger partial charge in [-0.1, -0.05) is 35.3 Å². The van der Waals surface area contributed by atoms with Gasteiger partial charge >= 0.3 is 0 Å². The minimum Gasteiger partial charge on any atom is -0.346 e. The normalized spacial score (nSPS) is 13.7. The Bertz CT molecular complexity index is 1030. The molecule has 2 atom stereocenters. The van der Waals surface area contributed by atoms with Crippen LogP contribution < -0.4 is 5.32 Å². The maximum absolute atomic E-state index is 12.7. The van der Waals surface area contributed by atoms with Crippen LogP contribution in [-0.2, 0) is 9.36 Å². The van der Waals surface area contributed by atoms with Crippen LogP contribution in [0.4, 0.5) is 0 Å². The molecule has 0 aliphatic heterocycles. The Balaban J connectivity index is 1.84. The lowest BCUT2D eigenvalue weighted by Crippen LogP contribution is -2.26. The van der Waals surface area contributed by atoms with Gasteiger partial charge in [-0.25, -0.2) is 0 Å². The molecule has 140 valence electrons. The van der Waals surface area contributed by atoms with Gasteiger partial charge in [0.25, 0.3) is 0 Å². The van der Waals surface area contributed by atoms with Crippen LogP contribution >= 0.6 is 42.6 Å². The first kappa shape index (κ1) is 20.1. The number of rotatable bonds is 6. The molecular formula is C19H16Cl2NO3PS. The average molecular weight is 440 g/mol. The van der Waals surface area contributed by atoms with Crippen LogP contribution in [0.5, 0.6) is 0 Å². The number of nitrogens with one attached hydrogen (secondary N) is 1. The minimum absolute atomic E-state index is 0.125. The first-order valence-corrected chi connectivity index (χ1v) is 11.2. The molecule has 27 heavy (non-hydrogen) atoms. The molecule has 0 radical (unpaired) electrons. The van der Waals surface area contributed by atoms with E-state index in [-0.39, 0.29) is 12.1 Å². The molecule has 0 aliphatic carbocycles. The number of thiophene rings is 1. The Kier molecular flexibility index (Phi) is 6.74. The lowest BCUT2D eigenvalue weighted by Gasteiger charge is -2.14. The number of fused-ring (bicyclic) bond motifs is 1. The number of amides is 1. The molecule has 2 unspecified atom stereocenters. The average Bonchev–Trinajstić information content (AvgIpc) is 3.02. The van der Waals surface area contributed by atoms with Gasteiger partial charge in [-0.3, -0.25) is 9.36 Å². The number of halogens is 2. The highest BCUT2D eigenvalue weighted by molar-refractivity contribution is 7.38. The second-order valence-corrected chi connectivity index (χ2v) is 8.86. The van der Waals surface area contributed by atoms with Crippen LogP contribution in [0.3, 0.4) is 0 Å². The fourth-order valence-electron chi connectivity index (χ4n) is 2.74. The lowest BCUT2D eigenvalue weighted by molar-refractivity contribution is -0.121. The van der Waals surface area contributed by atoms with Gasteiger partial charge < -0.3 is 10.2 Å². The molecule has 3 rings (SSSR count). The van der Waals surface area contributed by atoms with Gasteiger partial charge in [0.1, 0.15) is 0 Å². The number of carbonyl (C=O) groups is 1. The van der Waals surface area contributed by atoms with Crippen molar-refractivity contribution in [2.24, 2.45) is 0 Å². The fraction of sp³-hybridized carbons (Fsp3) is 0.105. The minimum atomic E-state index is -2.84. The summed E-state index contributed by atoms with van der Waals surface area (Å²) in [6.45, 7) is 0. The summed E-state index contributed by atoms with van der Waals surface area (Å²) in [4.78, 5) is 22.2. The Morgan fingerprint density at radius 2 is 2.00 bits per heavy atom. The summed E-state index contributed by atoms with van der Waals surface area (Å²) in [5.41, 5.74) is 1.54. The number of benzene rings is 2. The largest absolute Gasteiger partial charge is 0.346 e. The molecule has 0 bridgehead atoms. The van der Waals surface area contributed by atoms with E-state index in [2.05, 4.69) is 5.32 Å². The number of hydrogen-bond acceptors (Lipinski definition) is 3. The van der Waals surface area contributed by atoms with Crippen molar-refractivity contribution in [2.45, 2.75) is 5.92 Å². The number of hydrogen-bond donors (Lipinski definition) is 2. The van der Waals surface area contributed by atoms with Crippen molar-refractivity contribution in [1.29, 1.82) is 0 Å². The summed E-state index contributed by atoms with van der Waals surface area (Å²) in [5, 5.41) is 6.52. The van der Waals surface area contributed by atoms with Gasteiger partial charge in [0, 0.05) is 27.1 Å². The molecule has 0 saturated carbocycles. The molecule has 2 aromatic carbocycles. The Morgan fingerprint density at radius 3 is 2.74 bits per heavy atom. The van der Waals surface area contributed by atoms with Gasteiger partial charge in [0.05, 0.1) is 5.92 Å². The number of carbonyl (C=O) groups excluding carboxylic acids is 1. The SMILES string of the molecule is O=C(N/C=C/c1cccc(Cl)c1)C(C[PH](=O)O)c1csc2ccc(Cl)cc12. The highest BCUT2D eigenvalue weighted by Crippen LogP contribution is 2.36. The van der Waals surface area contributed by atoms with Crippen molar-refractivity contribution in [3.8, 4) is 0 Å². The Labute approximate surface area is 171 Å². The summed E-state index contributed by atoms with van der Waals surface area (Å²) in [7, 11) is -2.84. The smallest absolute Gasteiger partial charge is 0.232 e. The molecule has 0 aliphatic rings. The molecule has 4 nitrogen and oxygen atoms in total. The van der Waals surface area contributed by atoms with Crippen molar-refractivity contribution in [3.05, 3.63) is 75.2 Å². The topological polar surface area (TPSA) is 66.4 Å². The maximum Gasteiger partial charge on any atom is 0.232 e. The van der Waals surface area contributed by atoms with E-state index in [1.165, 1.54) is 17.5 Å². The fourth-order valence-corrected chi connectivity index (χ4v) is 4.86. The van der Waals surface area contributed by atoms with E-state index in [1.54, 1.807) is 30.3 Å². The van der Waals surface area contributed by atoms with E-state index >= 15 is 0 Å². The highest BCUT2D eigenvalue weighted by atomic mass is 35.5. The zero-order valence-corrected chi connectivity index (χ0v) is 17.3. The second-order valence-electron chi connectivity index (χ2n) is 5.88. The van der Waals surface area contributed by atoms with E-state index in [9.17, 15) is 14.3 Å². The summed E-state index contributed by atoms with van der Waals surface area (Å²) >= 11 is 13.5. The van der Waals surface area contributed by atoms with Gasteiger partial charge in [0.2, 0.25) is 5.91 Å². The standard InChI is InChI=1S/C19H16Cl2NO3PS/c20-13-3-1-2-12(8-13)6-7-22-19(23)16(10-26(24)25)17-11-27-18-5-4-14(21)9-15(17)18/h1-9,11,16,26H,10H2,(H,22,23)(H,24,25)/b7-6+. The van der Waals surface area contributed by atoms with Crippen molar-refractivity contribution in [3.63, 3.8) is 0 Å². The third-order valence-electron chi connectivity index (χ3n) is 3.99. The van der Waals surface area contributed by atoms with Crippen molar-refractivity contribution < 1.29 is 14.3 Å². The van der Waals surface area contributed by atoms with E-state index in [0.29, 0.717) is 15.6 Å². The molecule has 1 amide bonds. The van der Waals surface area contributed by atoms with Crippen molar-refractivity contribution in [1.82, 2.24) is 5.32 Å². The van der Waals surface area contributed by atoms with Gasteiger partial charge in [0.15, 0.2) is 8.03 Å². The van der Waals surface area contributed by atoms with Crippen LogP contribution in [0, 0.1) is 0 Å². The van der Waals surface area contributed by atoms with E-state index < -0.39 is 13.9 Å². The molecule has 0 saturated heterocycles. The molecule has 1 heterocycles. The summed E-state index contributed by atoms with van der Waals surface area (Å²) < 4.78 is 12.5. The third kappa shape index (κ3) is 5.22. The monoisotopic (exact) mass is 439 g/mol. The summed E-state index contributed by atoms with van der Waals surface area (Å²) in [6, 6.07) is 12.6. The molecule has 0 fully saturated rings. The molecule has 3 aromatic rings. The second kappa shape index (κ2) is 9.05. The van der Waals surface area contributed by atoms with Crippen LogP contribution in [-0.4, -0.2) is 17.0 Å². The molecule has 1 aromatic heterocycles. The van der Waals surface area contributed by atoms with Crippen molar-refractivity contribution in [2.75, 3.05) is 6.16 Å². The first-order valence-electron chi connectivity index (χ1n) is 8.05. The van der Waals surface area contributed by atoms with Gasteiger partial charge in [-0.15, -0.1) is 11.3 Å². The van der Waals surface area contributed by atoms with E-state index in [0.717, 1.165) is 15.6 Å². The zero-order chi connectivity index (χ0) is 19.4. The first-order chi connectivity index (χ1) is 12.9. The predicted molar refractivity (Wildman–Crippen MR) is 114 cm³/mol. The van der Waals surface area contributed by atoms with Crippen molar-refractivity contribution >= 4 is 64.6 Å². The van der Waals surface area contributed by atoms with E-state index in [1.807, 2.05) is 23.6 Å². The maximum atomic E-state index is 12.7. The molecule has 8 heteroatoms. The molecule has 2 N–H and O–H groups in total. The highest BCUT2D eigenvalue weighted by Gasteiger charge is 2.25. The van der Waals surface area contributed by atoms with Crippen LogP contribution in [0.25, 0.3) is 16.2 Å². The Morgan fingerprint density at radius 1 is 1.22 bits per heavy atom. The van der Waals surface area contributed by atoms with Crippen LogP contribution in [0.2, 0.25) is 10.0 Å². The summed E-state index contributed by atoms with van der Waals surface area (Å²) in [5.74, 6) is -1.09. The predicted octanol–water partition coefficient (Wildman–Crippen LogP) is 5.55. The quantitative estimate of drug-likeness (QED) is 0.495. The Hall–Kier alpha value is -1.62. The van der Waals surface area contributed by atoms with Gasteiger partial charge in [-0.05, 0) is 58.3 Å². The zero-order valence-electron chi connectivity index (χ0n) is 14.0. The van der Waals surface area contributed by atoms with E-state index in [4.69, 9.17) is 23.2 Å². The lowest BCUT2D eigenvalue weighted by atomic mass is 9.99. The molecule has 0 spiro atoms. The molecular weight excluding hydrogens is 424 g/mol. The van der Waals surface area contributed by atoms with Gasteiger partial charge in [-0.2, -0.15) is 0 Å². The summed E-state index contributed by atoms with van der Waals surface area (Å²) in [6.07, 6.45) is 3.10. The van der Waals surface area contributed by atoms with Crippen LogP contribution in [0.15, 0.2) is 54.0 Å². The third-order valence-corrected chi connectivity index (χ3v) is 6.20.